The van der Waals surface area contributed by atoms with Crippen LogP contribution in [0.25, 0.3) is 20.7 Å². The zero-order valence-corrected chi connectivity index (χ0v) is 19.4. The molecule has 0 radical (unpaired) electrons. The summed E-state index contributed by atoms with van der Waals surface area (Å²) in [5.74, 6) is 0.640. The van der Waals surface area contributed by atoms with Crippen molar-refractivity contribution in [3.05, 3.63) is 75.1 Å². The molecule has 0 amide bonds. The molecule has 1 aliphatic heterocycles. The molecular weight excluding hydrogens is 448 g/mol. The predicted octanol–water partition coefficient (Wildman–Crippen LogP) is 3.84. The Kier molecular flexibility index (Phi) is 6.64. The fourth-order valence-corrected chi connectivity index (χ4v) is 5.30. The smallest absolute Gasteiger partial charge is 0.332 e. The van der Waals surface area contributed by atoms with Gasteiger partial charge in [0, 0.05) is 17.3 Å². The zero-order valence-electron chi connectivity index (χ0n) is 17.7. The molecule has 1 saturated heterocycles. The first-order valence-corrected chi connectivity index (χ1v) is 11.5. The number of aryl methyl sites for hydroxylation is 1. The summed E-state index contributed by atoms with van der Waals surface area (Å²) in [7, 11) is 0. The van der Waals surface area contributed by atoms with Gasteiger partial charge in [-0.15, -0.1) is 23.7 Å². The molecule has 1 N–H and O–H groups in total. The van der Waals surface area contributed by atoms with Gasteiger partial charge in [0.15, 0.2) is 5.89 Å². The Bertz CT molecular complexity index is 1330. The van der Waals surface area contributed by atoms with Crippen molar-refractivity contribution in [3.63, 3.8) is 0 Å². The highest BCUT2D eigenvalue weighted by atomic mass is 35.5. The lowest BCUT2D eigenvalue weighted by molar-refractivity contribution is 0.346. The van der Waals surface area contributed by atoms with E-state index in [-0.39, 0.29) is 36.2 Å². The summed E-state index contributed by atoms with van der Waals surface area (Å²) < 4.78 is 9.24. The molecule has 32 heavy (non-hydrogen) atoms. The molecule has 0 spiro atoms. The number of nitrogens with one attached hydrogen (secondary N) is 1. The average molecular weight is 473 g/mol. The van der Waals surface area contributed by atoms with Crippen LogP contribution in [0.2, 0.25) is 0 Å². The number of nitrogens with zero attached hydrogens (tertiary/aromatic N) is 3. The van der Waals surface area contributed by atoms with Gasteiger partial charge in [0.25, 0.3) is 5.56 Å². The van der Waals surface area contributed by atoms with Crippen LogP contribution in [0.4, 0.5) is 0 Å². The second-order valence-corrected chi connectivity index (χ2v) is 8.85. The minimum absolute atomic E-state index is 0. The van der Waals surface area contributed by atoms with E-state index in [0.29, 0.717) is 28.2 Å². The van der Waals surface area contributed by atoms with Crippen molar-refractivity contribution in [1.82, 2.24) is 19.4 Å². The van der Waals surface area contributed by atoms with Crippen LogP contribution in [0.15, 0.2) is 56.7 Å². The van der Waals surface area contributed by atoms with Gasteiger partial charge in [-0.05, 0) is 37.6 Å². The lowest BCUT2D eigenvalue weighted by atomic mass is 10.1. The van der Waals surface area contributed by atoms with E-state index in [1.807, 2.05) is 43.3 Å². The minimum atomic E-state index is -0.275. The van der Waals surface area contributed by atoms with Gasteiger partial charge in [-0.1, -0.05) is 37.3 Å². The molecule has 0 atom stereocenters. The molecule has 7 nitrogen and oxygen atoms in total. The number of benzene rings is 1. The molecule has 5 rings (SSSR count). The summed E-state index contributed by atoms with van der Waals surface area (Å²) in [5.41, 5.74) is 1.91. The van der Waals surface area contributed by atoms with Gasteiger partial charge in [0.05, 0.1) is 17.8 Å². The van der Waals surface area contributed by atoms with E-state index in [2.05, 4.69) is 10.3 Å². The Balaban J connectivity index is 0.00000245. The Morgan fingerprint density at radius 3 is 2.62 bits per heavy atom. The molecule has 0 aliphatic carbocycles. The number of aromatic nitrogens is 3. The second kappa shape index (κ2) is 9.44. The summed E-state index contributed by atoms with van der Waals surface area (Å²) in [6.07, 6.45) is 3.82. The first-order valence-electron chi connectivity index (χ1n) is 10.6. The molecule has 4 heterocycles. The van der Waals surface area contributed by atoms with E-state index in [9.17, 15) is 9.59 Å². The zero-order chi connectivity index (χ0) is 21.4. The average Bonchev–Trinajstić information content (AvgIpc) is 3.45. The third-order valence-electron chi connectivity index (χ3n) is 5.81. The van der Waals surface area contributed by atoms with Crippen LogP contribution >= 0.6 is 23.7 Å². The van der Waals surface area contributed by atoms with Crippen LogP contribution in [0, 0.1) is 0 Å². The molecule has 4 aromatic rings. The predicted molar refractivity (Wildman–Crippen MR) is 129 cm³/mol. The van der Waals surface area contributed by atoms with Crippen molar-refractivity contribution < 1.29 is 4.42 Å². The van der Waals surface area contributed by atoms with Crippen LogP contribution in [-0.4, -0.2) is 27.2 Å². The highest BCUT2D eigenvalue weighted by Crippen LogP contribution is 2.32. The van der Waals surface area contributed by atoms with Gasteiger partial charge in [0.2, 0.25) is 0 Å². The number of fused-ring (bicyclic) bond motifs is 1. The fourth-order valence-electron chi connectivity index (χ4n) is 4.19. The van der Waals surface area contributed by atoms with Crippen molar-refractivity contribution >= 4 is 34.0 Å². The normalized spacial score (nSPS) is 14.5. The van der Waals surface area contributed by atoms with Crippen LogP contribution < -0.4 is 16.6 Å². The van der Waals surface area contributed by atoms with E-state index in [1.54, 1.807) is 10.8 Å². The molecule has 0 saturated carbocycles. The number of hydrogen-bond acceptors (Lipinski definition) is 6. The number of hydrogen-bond donors (Lipinski definition) is 1. The Labute approximate surface area is 195 Å². The maximum absolute atomic E-state index is 13.6. The largest absolute Gasteiger partial charge is 0.449 e. The summed E-state index contributed by atoms with van der Waals surface area (Å²) >= 11 is 1.45. The molecule has 0 unspecified atom stereocenters. The maximum atomic E-state index is 13.6. The second-order valence-electron chi connectivity index (χ2n) is 7.80. The van der Waals surface area contributed by atoms with Gasteiger partial charge in [-0.3, -0.25) is 13.9 Å². The van der Waals surface area contributed by atoms with Crippen LogP contribution in [0.1, 0.15) is 37.4 Å². The quantitative estimate of drug-likeness (QED) is 0.477. The van der Waals surface area contributed by atoms with Crippen LogP contribution in [0.3, 0.4) is 0 Å². The Morgan fingerprint density at radius 2 is 1.94 bits per heavy atom. The van der Waals surface area contributed by atoms with E-state index in [0.717, 1.165) is 36.4 Å². The molecule has 9 heteroatoms. The molecule has 3 aromatic heterocycles. The lowest BCUT2D eigenvalue weighted by Crippen LogP contribution is -2.45. The summed E-state index contributed by atoms with van der Waals surface area (Å²) in [4.78, 5) is 32.5. The van der Waals surface area contributed by atoms with E-state index >= 15 is 0 Å². The van der Waals surface area contributed by atoms with Gasteiger partial charge in [-0.25, -0.2) is 9.78 Å². The van der Waals surface area contributed by atoms with Crippen molar-refractivity contribution in [1.29, 1.82) is 0 Å². The topological polar surface area (TPSA) is 82.1 Å². The standard InChI is InChI=1S/C23H24N4O3S.ClH/c1-2-20-25-16(14-30-20)13-26-18-12-19(15-6-4-3-5-7-15)31-21(18)22(28)27(23(26)29)17-8-10-24-11-9-17;/h3-7,12,14,17,24H,2,8-11,13H2,1H3;1H. The molecule has 1 fully saturated rings. The molecule has 0 bridgehead atoms. The minimum Gasteiger partial charge on any atom is -0.449 e. The Morgan fingerprint density at radius 1 is 1.19 bits per heavy atom. The fraction of sp³-hybridized carbons (Fsp3) is 0.348. The SMILES string of the molecule is CCc1nc(Cn2c(=O)n(C3CCNCC3)c(=O)c3sc(-c4ccccc4)cc32)co1.Cl. The summed E-state index contributed by atoms with van der Waals surface area (Å²) in [6.45, 7) is 3.85. The number of halogens is 1. The molecular formula is C23H25ClN4O3S. The number of thiophene rings is 1. The number of rotatable bonds is 5. The van der Waals surface area contributed by atoms with E-state index in [4.69, 9.17) is 4.42 Å². The molecule has 1 aliphatic rings. The molecule has 1 aromatic carbocycles. The summed E-state index contributed by atoms with van der Waals surface area (Å²) in [5, 5.41) is 3.31. The monoisotopic (exact) mass is 472 g/mol. The van der Waals surface area contributed by atoms with Crippen molar-refractivity contribution in [2.45, 2.75) is 38.8 Å². The van der Waals surface area contributed by atoms with Crippen LogP contribution in [0.5, 0.6) is 0 Å². The lowest BCUT2D eigenvalue weighted by Gasteiger charge is -2.24. The third kappa shape index (κ3) is 4.05. The number of oxazole rings is 1. The Hall–Kier alpha value is -2.68. The van der Waals surface area contributed by atoms with Crippen LogP contribution in [-0.2, 0) is 13.0 Å². The van der Waals surface area contributed by atoms with Crippen molar-refractivity contribution in [2.75, 3.05) is 13.1 Å². The maximum Gasteiger partial charge on any atom is 0.332 e. The third-order valence-corrected chi connectivity index (χ3v) is 6.97. The van der Waals surface area contributed by atoms with Gasteiger partial charge >= 0.3 is 5.69 Å². The van der Waals surface area contributed by atoms with E-state index in [1.165, 1.54) is 15.9 Å². The van der Waals surface area contributed by atoms with Gasteiger partial charge in [-0.2, -0.15) is 0 Å². The van der Waals surface area contributed by atoms with Gasteiger partial charge in [0.1, 0.15) is 11.0 Å². The highest BCUT2D eigenvalue weighted by molar-refractivity contribution is 7.22. The first-order chi connectivity index (χ1) is 15.2. The number of piperidine rings is 1. The molecule has 168 valence electrons. The van der Waals surface area contributed by atoms with Crippen molar-refractivity contribution in [2.24, 2.45) is 0 Å². The summed E-state index contributed by atoms with van der Waals surface area (Å²) in [6, 6.07) is 11.8. The van der Waals surface area contributed by atoms with E-state index < -0.39 is 0 Å². The highest BCUT2D eigenvalue weighted by Gasteiger charge is 2.24. The van der Waals surface area contributed by atoms with Crippen molar-refractivity contribution in [3.8, 4) is 10.4 Å². The van der Waals surface area contributed by atoms with Gasteiger partial charge < -0.3 is 9.73 Å². The first kappa shape index (κ1) is 22.5.